The Morgan fingerprint density at radius 1 is 0.941 bits per heavy atom. The Labute approximate surface area is 197 Å². The normalized spacial score (nSPS) is 11.6. The van der Waals surface area contributed by atoms with Gasteiger partial charge in [0.25, 0.3) is 5.91 Å². The van der Waals surface area contributed by atoms with Crippen LogP contribution in [0, 0.1) is 6.92 Å². The van der Waals surface area contributed by atoms with Gasteiger partial charge in [-0.05, 0) is 60.5 Å². The van der Waals surface area contributed by atoms with Crippen LogP contribution in [-0.2, 0) is 0 Å². The van der Waals surface area contributed by atoms with Crippen molar-refractivity contribution in [3.8, 4) is 23.0 Å². The van der Waals surface area contributed by atoms with Crippen LogP contribution in [0.25, 0.3) is 10.9 Å². The van der Waals surface area contributed by atoms with Gasteiger partial charge >= 0.3 is 0 Å². The number of aryl methyl sites for hydroxylation is 1. The van der Waals surface area contributed by atoms with E-state index in [1.165, 1.54) is 0 Å². The van der Waals surface area contributed by atoms with Crippen molar-refractivity contribution in [2.24, 2.45) is 0 Å². The van der Waals surface area contributed by atoms with Crippen LogP contribution in [0.15, 0.2) is 66.9 Å². The molecule has 0 aliphatic carbocycles. The second kappa shape index (κ2) is 9.70. The van der Waals surface area contributed by atoms with Gasteiger partial charge in [0, 0.05) is 22.7 Å². The lowest BCUT2D eigenvalue weighted by molar-refractivity contribution is 0.0942. The Morgan fingerprint density at radius 3 is 2.47 bits per heavy atom. The summed E-state index contributed by atoms with van der Waals surface area (Å²) in [6.07, 6.45) is 1.63. The molecule has 4 aromatic rings. The molecule has 1 unspecified atom stereocenters. The van der Waals surface area contributed by atoms with Gasteiger partial charge in [-0.1, -0.05) is 18.2 Å². The maximum Gasteiger partial charge on any atom is 0.252 e. The predicted octanol–water partition coefficient (Wildman–Crippen LogP) is 4.79. The van der Waals surface area contributed by atoms with Gasteiger partial charge in [-0.2, -0.15) is 0 Å². The fourth-order valence-corrected chi connectivity index (χ4v) is 4.00. The summed E-state index contributed by atoms with van der Waals surface area (Å²) in [7, 11) is 4.66. The number of ether oxygens (including phenoxy) is 3. The smallest absolute Gasteiger partial charge is 0.252 e. The minimum absolute atomic E-state index is 0.00641. The summed E-state index contributed by atoms with van der Waals surface area (Å²) in [5, 5.41) is 15.1. The van der Waals surface area contributed by atoms with E-state index < -0.39 is 6.04 Å². The number of phenolic OH excluding ortho intramolecular Hbond substituents is 1. The van der Waals surface area contributed by atoms with Gasteiger partial charge in [-0.15, -0.1) is 0 Å². The van der Waals surface area contributed by atoms with Gasteiger partial charge in [0.15, 0.2) is 11.5 Å². The molecule has 174 valence electrons. The largest absolute Gasteiger partial charge is 0.505 e. The van der Waals surface area contributed by atoms with Gasteiger partial charge < -0.3 is 24.6 Å². The molecule has 1 heterocycles. The summed E-state index contributed by atoms with van der Waals surface area (Å²) in [6.45, 7) is 1.95. The highest BCUT2D eigenvalue weighted by Gasteiger charge is 2.25. The third-order valence-electron chi connectivity index (χ3n) is 5.76. The van der Waals surface area contributed by atoms with Crippen molar-refractivity contribution in [2.45, 2.75) is 13.0 Å². The van der Waals surface area contributed by atoms with Gasteiger partial charge in [-0.3, -0.25) is 9.78 Å². The van der Waals surface area contributed by atoms with E-state index in [1.54, 1.807) is 63.9 Å². The number of amides is 1. The molecule has 4 rings (SSSR count). The van der Waals surface area contributed by atoms with E-state index in [0.717, 1.165) is 10.9 Å². The lowest BCUT2D eigenvalue weighted by Crippen LogP contribution is -2.29. The molecular formula is C27H26N2O5. The first-order valence-corrected chi connectivity index (χ1v) is 10.7. The van der Waals surface area contributed by atoms with Crippen LogP contribution >= 0.6 is 0 Å². The summed E-state index contributed by atoms with van der Waals surface area (Å²) < 4.78 is 16.1. The van der Waals surface area contributed by atoms with Crippen molar-refractivity contribution in [3.05, 3.63) is 89.1 Å². The Bertz CT molecular complexity index is 1350. The molecule has 0 spiro atoms. The van der Waals surface area contributed by atoms with Crippen LogP contribution in [0.1, 0.15) is 33.1 Å². The number of nitrogens with zero attached hydrogens (tertiary/aromatic N) is 1. The number of benzene rings is 3. The van der Waals surface area contributed by atoms with Crippen LogP contribution in [0.4, 0.5) is 0 Å². The van der Waals surface area contributed by atoms with Gasteiger partial charge in [0.05, 0.1) is 27.4 Å². The third kappa shape index (κ3) is 4.32. The maximum absolute atomic E-state index is 13.3. The summed E-state index contributed by atoms with van der Waals surface area (Å²) in [5.41, 5.74) is 3.06. The number of fused-ring (bicyclic) bond motifs is 1. The first kappa shape index (κ1) is 22.9. The Hall–Kier alpha value is -4.26. The summed E-state index contributed by atoms with van der Waals surface area (Å²) in [4.78, 5) is 17.7. The number of aromatic hydroxyl groups is 1. The lowest BCUT2D eigenvalue weighted by Gasteiger charge is -2.23. The highest BCUT2D eigenvalue weighted by molar-refractivity contribution is 5.95. The van der Waals surface area contributed by atoms with Crippen LogP contribution in [0.5, 0.6) is 23.0 Å². The first-order chi connectivity index (χ1) is 16.5. The second-order valence-electron chi connectivity index (χ2n) is 7.78. The van der Waals surface area contributed by atoms with Crippen molar-refractivity contribution < 1.29 is 24.1 Å². The minimum Gasteiger partial charge on any atom is -0.505 e. The van der Waals surface area contributed by atoms with Crippen molar-refractivity contribution in [2.75, 3.05) is 21.3 Å². The van der Waals surface area contributed by atoms with Crippen molar-refractivity contribution in [3.63, 3.8) is 0 Å². The van der Waals surface area contributed by atoms with Crippen LogP contribution in [0.3, 0.4) is 0 Å². The zero-order chi connectivity index (χ0) is 24.2. The maximum atomic E-state index is 13.3. The third-order valence-corrected chi connectivity index (χ3v) is 5.76. The molecule has 0 bridgehead atoms. The summed E-state index contributed by atoms with van der Waals surface area (Å²) in [5.74, 6) is 1.33. The Balaban J connectivity index is 1.86. The summed E-state index contributed by atoms with van der Waals surface area (Å²) in [6, 6.07) is 17.2. The zero-order valence-electron chi connectivity index (χ0n) is 19.5. The average molecular weight is 459 g/mol. The number of carbonyl (C=O) groups excluding carboxylic acids is 1. The number of phenols is 1. The molecule has 0 radical (unpaired) electrons. The fraction of sp³-hybridized carbons (Fsp3) is 0.185. The molecule has 7 heteroatoms. The van der Waals surface area contributed by atoms with E-state index >= 15 is 0 Å². The molecule has 0 fully saturated rings. The molecule has 1 aromatic heterocycles. The van der Waals surface area contributed by atoms with Crippen molar-refractivity contribution >= 4 is 16.8 Å². The van der Waals surface area contributed by atoms with E-state index in [0.29, 0.717) is 39.5 Å². The highest BCUT2D eigenvalue weighted by atomic mass is 16.5. The monoisotopic (exact) mass is 458 g/mol. The number of hydrogen-bond donors (Lipinski definition) is 2. The van der Waals surface area contributed by atoms with Crippen LogP contribution < -0.4 is 19.5 Å². The van der Waals surface area contributed by atoms with Gasteiger partial charge in [0.2, 0.25) is 0 Å². The predicted molar refractivity (Wildman–Crippen MR) is 130 cm³/mol. The molecule has 0 aliphatic rings. The molecule has 3 aromatic carbocycles. The SMILES string of the molecule is COc1cccc(C(=O)NC(c2ccc(OC)c(OC)c2)c2cc(C)c3cccnc3c2O)c1. The Morgan fingerprint density at radius 2 is 1.74 bits per heavy atom. The van der Waals surface area contributed by atoms with Crippen molar-refractivity contribution in [1.82, 2.24) is 10.3 Å². The van der Waals surface area contributed by atoms with E-state index in [1.807, 2.05) is 31.2 Å². The number of hydrogen-bond acceptors (Lipinski definition) is 6. The van der Waals surface area contributed by atoms with E-state index in [4.69, 9.17) is 14.2 Å². The number of nitrogens with one attached hydrogen (secondary N) is 1. The van der Waals surface area contributed by atoms with E-state index in [-0.39, 0.29) is 11.7 Å². The molecule has 7 nitrogen and oxygen atoms in total. The van der Waals surface area contributed by atoms with E-state index in [2.05, 4.69) is 10.3 Å². The number of rotatable bonds is 7. The Kier molecular flexibility index (Phi) is 6.54. The number of aromatic nitrogens is 1. The average Bonchev–Trinajstić information content (AvgIpc) is 2.89. The highest BCUT2D eigenvalue weighted by Crippen LogP contribution is 2.39. The quantitative estimate of drug-likeness (QED) is 0.414. The lowest BCUT2D eigenvalue weighted by atomic mass is 9.93. The number of pyridine rings is 1. The van der Waals surface area contributed by atoms with Crippen LogP contribution in [-0.4, -0.2) is 37.3 Å². The minimum atomic E-state index is -0.691. The molecule has 2 N–H and O–H groups in total. The second-order valence-corrected chi connectivity index (χ2v) is 7.78. The standard InChI is InChI=1S/C27H26N2O5/c1-16-13-21(26(30)25-20(16)9-6-12-28-25)24(17-10-11-22(33-3)23(15-17)34-4)29-27(31)18-7-5-8-19(14-18)32-2/h5-15,24,30H,1-4H3,(H,29,31). The molecular weight excluding hydrogens is 432 g/mol. The van der Waals surface area contributed by atoms with Gasteiger partial charge in [0.1, 0.15) is 17.0 Å². The zero-order valence-corrected chi connectivity index (χ0v) is 19.5. The van der Waals surface area contributed by atoms with Crippen molar-refractivity contribution in [1.29, 1.82) is 0 Å². The topological polar surface area (TPSA) is 89.9 Å². The molecule has 0 saturated heterocycles. The molecule has 0 aliphatic heterocycles. The first-order valence-electron chi connectivity index (χ1n) is 10.7. The fourth-order valence-electron chi connectivity index (χ4n) is 4.00. The van der Waals surface area contributed by atoms with Gasteiger partial charge in [-0.25, -0.2) is 0 Å². The number of methoxy groups -OCH3 is 3. The molecule has 0 saturated carbocycles. The molecule has 1 atom stereocenters. The molecule has 34 heavy (non-hydrogen) atoms. The molecule has 1 amide bonds. The number of carbonyl (C=O) groups is 1. The van der Waals surface area contributed by atoms with E-state index in [9.17, 15) is 9.90 Å². The summed E-state index contributed by atoms with van der Waals surface area (Å²) >= 11 is 0. The van der Waals surface area contributed by atoms with Crippen LogP contribution in [0.2, 0.25) is 0 Å².